The molecule has 3 aromatic carbocycles. The lowest BCUT2D eigenvalue weighted by molar-refractivity contribution is 0.347. The molecule has 0 saturated heterocycles. The van der Waals surface area contributed by atoms with Gasteiger partial charge in [-0.3, -0.25) is 0 Å². The molecular formula is C25H27F3O. The monoisotopic (exact) mass is 400 g/mol. The van der Waals surface area contributed by atoms with Gasteiger partial charge in [0, 0.05) is 5.56 Å². The Labute approximate surface area is 170 Å². The summed E-state index contributed by atoms with van der Waals surface area (Å²) in [6, 6.07) is 11.1. The van der Waals surface area contributed by atoms with E-state index in [-0.39, 0.29) is 5.56 Å². The van der Waals surface area contributed by atoms with Gasteiger partial charge in [0.15, 0.2) is 17.4 Å². The second-order valence-corrected chi connectivity index (χ2v) is 7.38. The molecule has 3 aromatic rings. The molecule has 0 N–H and O–H groups in total. The average Bonchev–Trinajstić information content (AvgIpc) is 2.73. The number of hydrogen-bond acceptors (Lipinski definition) is 1. The van der Waals surface area contributed by atoms with Gasteiger partial charge in [-0.25, -0.2) is 8.78 Å². The lowest BCUT2D eigenvalue weighted by atomic mass is 9.85. The van der Waals surface area contributed by atoms with Crippen LogP contribution in [0.1, 0.15) is 50.7 Å². The molecule has 0 fully saturated rings. The SMILES string of the molecule is CCCCc1cc2ccccc2c(CCCC)c1-c1cc(F)c(OC)c(F)c1F. The molecule has 0 aliphatic heterocycles. The van der Waals surface area contributed by atoms with Crippen LogP contribution in [-0.4, -0.2) is 7.11 Å². The van der Waals surface area contributed by atoms with E-state index in [4.69, 9.17) is 4.74 Å². The van der Waals surface area contributed by atoms with Crippen molar-refractivity contribution in [3.8, 4) is 16.9 Å². The number of rotatable bonds is 8. The minimum absolute atomic E-state index is 0.0243. The van der Waals surface area contributed by atoms with Gasteiger partial charge >= 0.3 is 0 Å². The standard InChI is InChI=1S/C25H27F3O/c1-4-6-10-17-14-16-11-8-9-13-18(16)19(12-7-5-2)22(17)20-15-21(26)25(29-3)24(28)23(20)27/h8-9,11,13-15H,4-7,10,12H2,1-3H3. The van der Waals surface area contributed by atoms with Crippen molar-refractivity contribution < 1.29 is 17.9 Å². The topological polar surface area (TPSA) is 9.23 Å². The maximum absolute atomic E-state index is 15.1. The van der Waals surface area contributed by atoms with Crippen molar-refractivity contribution in [2.45, 2.75) is 52.4 Å². The van der Waals surface area contributed by atoms with Crippen LogP contribution in [0.15, 0.2) is 36.4 Å². The molecule has 0 spiro atoms. The molecule has 0 unspecified atom stereocenters. The molecule has 0 aromatic heterocycles. The van der Waals surface area contributed by atoms with Gasteiger partial charge in [0.05, 0.1) is 7.11 Å². The van der Waals surface area contributed by atoms with Gasteiger partial charge in [-0.15, -0.1) is 0 Å². The fourth-order valence-electron chi connectivity index (χ4n) is 3.95. The number of fused-ring (bicyclic) bond motifs is 1. The molecule has 0 bridgehead atoms. The van der Waals surface area contributed by atoms with Crippen molar-refractivity contribution >= 4 is 10.8 Å². The normalized spacial score (nSPS) is 11.2. The van der Waals surface area contributed by atoms with Crippen LogP contribution in [0.4, 0.5) is 13.2 Å². The van der Waals surface area contributed by atoms with Gasteiger partial charge in [-0.1, -0.05) is 57.0 Å². The third-order valence-electron chi connectivity index (χ3n) is 5.41. The summed E-state index contributed by atoms with van der Waals surface area (Å²) >= 11 is 0. The summed E-state index contributed by atoms with van der Waals surface area (Å²) in [5.74, 6) is -3.91. The molecular weight excluding hydrogens is 373 g/mol. The third-order valence-corrected chi connectivity index (χ3v) is 5.41. The van der Waals surface area contributed by atoms with Crippen LogP contribution in [0, 0.1) is 17.5 Å². The summed E-state index contributed by atoms with van der Waals surface area (Å²) < 4.78 is 48.9. The van der Waals surface area contributed by atoms with E-state index in [2.05, 4.69) is 13.8 Å². The molecule has 0 aliphatic carbocycles. The molecule has 0 saturated carbocycles. The average molecular weight is 400 g/mol. The Morgan fingerprint density at radius 1 is 0.862 bits per heavy atom. The Hall–Kier alpha value is -2.49. The van der Waals surface area contributed by atoms with Crippen molar-refractivity contribution in [3.63, 3.8) is 0 Å². The van der Waals surface area contributed by atoms with Gasteiger partial charge < -0.3 is 4.74 Å². The van der Waals surface area contributed by atoms with E-state index in [1.807, 2.05) is 30.3 Å². The maximum atomic E-state index is 15.1. The number of hydrogen-bond donors (Lipinski definition) is 0. The van der Waals surface area contributed by atoms with Crippen LogP contribution in [0.25, 0.3) is 21.9 Å². The van der Waals surface area contributed by atoms with Gasteiger partial charge in [0.2, 0.25) is 5.82 Å². The third kappa shape index (κ3) is 4.12. The van der Waals surface area contributed by atoms with E-state index in [1.54, 1.807) is 0 Å². The largest absolute Gasteiger partial charge is 0.491 e. The lowest BCUT2D eigenvalue weighted by Crippen LogP contribution is -2.04. The number of halogens is 3. The second-order valence-electron chi connectivity index (χ2n) is 7.38. The van der Waals surface area contributed by atoms with Crippen molar-refractivity contribution in [2.75, 3.05) is 7.11 Å². The smallest absolute Gasteiger partial charge is 0.204 e. The van der Waals surface area contributed by atoms with Gasteiger partial charge in [0.25, 0.3) is 0 Å². The summed E-state index contributed by atoms with van der Waals surface area (Å²) in [5, 5.41) is 2.08. The fraction of sp³-hybridized carbons (Fsp3) is 0.360. The van der Waals surface area contributed by atoms with E-state index < -0.39 is 23.2 Å². The predicted octanol–water partition coefficient (Wildman–Crippen LogP) is 7.62. The van der Waals surface area contributed by atoms with Crippen molar-refractivity contribution in [1.82, 2.24) is 0 Å². The molecule has 0 amide bonds. The molecule has 0 aliphatic rings. The first kappa shape index (κ1) is 21.2. The van der Waals surface area contributed by atoms with Crippen LogP contribution >= 0.6 is 0 Å². The summed E-state index contributed by atoms with van der Waals surface area (Å²) in [6.07, 6.45) is 5.23. The summed E-state index contributed by atoms with van der Waals surface area (Å²) in [5.41, 5.74) is 2.49. The van der Waals surface area contributed by atoms with E-state index in [1.165, 1.54) is 0 Å². The Morgan fingerprint density at radius 2 is 1.55 bits per heavy atom. The van der Waals surface area contributed by atoms with Gasteiger partial charge in [-0.2, -0.15) is 4.39 Å². The number of ether oxygens (including phenoxy) is 1. The highest BCUT2D eigenvalue weighted by Crippen LogP contribution is 2.40. The van der Waals surface area contributed by atoms with E-state index in [0.717, 1.165) is 73.6 Å². The van der Waals surface area contributed by atoms with Crippen LogP contribution in [-0.2, 0) is 12.8 Å². The Morgan fingerprint density at radius 3 is 2.24 bits per heavy atom. The molecule has 29 heavy (non-hydrogen) atoms. The maximum Gasteiger partial charge on any atom is 0.204 e. The molecule has 0 atom stereocenters. The zero-order valence-electron chi connectivity index (χ0n) is 17.2. The van der Waals surface area contributed by atoms with Crippen LogP contribution in [0.3, 0.4) is 0 Å². The summed E-state index contributed by atoms with van der Waals surface area (Å²) in [4.78, 5) is 0. The minimum atomic E-state index is -1.28. The molecule has 0 heterocycles. The summed E-state index contributed by atoms with van der Waals surface area (Å²) in [7, 11) is 1.13. The lowest BCUT2D eigenvalue weighted by Gasteiger charge is -2.20. The first-order chi connectivity index (χ1) is 14.0. The van der Waals surface area contributed by atoms with Crippen molar-refractivity contribution in [3.05, 3.63) is 65.0 Å². The number of benzene rings is 3. The number of methoxy groups -OCH3 is 1. The van der Waals surface area contributed by atoms with E-state index in [9.17, 15) is 8.78 Å². The van der Waals surface area contributed by atoms with Crippen molar-refractivity contribution in [2.24, 2.45) is 0 Å². The highest BCUT2D eigenvalue weighted by atomic mass is 19.2. The molecule has 154 valence electrons. The molecule has 1 nitrogen and oxygen atoms in total. The predicted molar refractivity (Wildman–Crippen MR) is 113 cm³/mol. The zero-order valence-corrected chi connectivity index (χ0v) is 17.2. The Bertz CT molecular complexity index is 1010. The molecule has 4 heteroatoms. The fourth-order valence-corrected chi connectivity index (χ4v) is 3.95. The van der Waals surface area contributed by atoms with Gasteiger partial charge in [-0.05, 0) is 59.2 Å². The van der Waals surface area contributed by atoms with Gasteiger partial charge in [0.1, 0.15) is 0 Å². The first-order valence-corrected chi connectivity index (χ1v) is 10.3. The zero-order chi connectivity index (χ0) is 21.0. The molecule has 0 radical (unpaired) electrons. The highest BCUT2D eigenvalue weighted by Gasteiger charge is 2.24. The van der Waals surface area contributed by atoms with E-state index >= 15 is 4.39 Å². The second kappa shape index (κ2) is 9.34. The highest BCUT2D eigenvalue weighted by molar-refractivity contribution is 5.94. The number of unbranched alkanes of at least 4 members (excludes halogenated alkanes) is 2. The van der Waals surface area contributed by atoms with Crippen LogP contribution < -0.4 is 4.74 Å². The number of aryl methyl sites for hydroxylation is 2. The Balaban J connectivity index is 2.38. The minimum Gasteiger partial charge on any atom is -0.491 e. The van der Waals surface area contributed by atoms with Crippen LogP contribution in [0.2, 0.25) is 0 Å². The Kier molecular flexibility index (Phi) is 6.83. The molecule has 3 rings (SSSR count). The van der Waals surface area contributed by atoms with E-state index in [0.29, 0.717) is 5.56 Å². The summed E-state index contributed by atoms with van der Waals surface area (Å²) in [6.45, 7) is 4.18. The quantitative estimate of drug-likeness (QED) is 0.353. The first-order valence-electron chi connectivity index (χ1n) is 10.3. The van der Waals surface area contributed by atoms with Crippen LogP contribution in [0.5, 0.6) is 5.75 Å². The van der Waals surface area contributed by atoms with Crippen molar-refractivity contribution in [1.29, 1.82) is 0 Å².